The summed E-state index contributed by atoms with van der Waals surface area (Å²) in [5, 5.41) is 10.2. The smallest absolute Gasteiger partial charge is 0.0807 e. The molecule has 4 atom stereocenters. The predicted octanol–water partition coefficient (Wildman–Crippen LogP) is 4.00. The van der Waals surface area contributed by atoms with E-state index in [1.807, 2.05) is 13.0 Å². The lowest BCUT2D eigenvalue weighted by Gasteiger charge is -2.43. The van der Waals surface area contributed by atoms with Crippen molar-refractivity contribution in [1.29, 1.82) is 0 Å². The Morgan fingerprint density at radius 1 is 1.26 bits per heavy atom. The molecule has 2 rings (SSSR count). The van der Waals surface area contributed by atoms with Crippen LogP contribution in [0.5, 0.6) is 0 Å². The van der Waals surface area contributed by atoms with Gasteiger partial charge in [0.15, 0.2) is 0 Å². The van der Waals surface area contributed by atoms with Crippen molar-refractivity contribution in [3.05, 3.63) is 29.8 Å². The Balaban J connectivity index is 2.34. The van der Waals surface area contributed by atoms with Crippen molar-refractivity contribution in [2.45, 2.75) is 52.7 Å². The summed E-state index contributed by atoms with van der Waals surface area (Å²) in [6.07, 6.45) is 1.72. The number of hydrogen-bond acceptors (Lipinski definition) is 2. The van der Waals surface area contributed by atoms with Gasteiger partial charge in [0, 0.05) is 23.8 Å². The third-order valence-corrected chi connectivity index (χ3v) is 4.59. The zero-order chi connectivity index (χ0) is 14.0. The molecule has 3 unspecified atom stereocenters. The summed E-state index contributed by atoms with van der Waals surface area (Å²) in [5.74, 6) is 1.42. The number of anilines is 1. The monoisotopic (exact) mass is 261 g/mol. The van der Waals surface area contributed by atoms with E-state index in [0.717, 1.165) is 24.4 Å². The first-order valence-corrected chi connectivity index (χ1v) is 7.58. The van der Waals surface area contributed by atoms with Crippen LogP contribution in [0.1, 0.15) is 52.2 Å². The first-order chi connectivity index (χ1) is 9.04. The first-order valence-electron chi connectivity index (χ1n) is 7.58. The summed E-state index contributed by atoms with van der Waals surface area (Å²) < 4.78 is 0. The van der Waals surface area contributed by atoms with E-state index in [9.17, 15) is 5.11 Å². The van der Waals surface area contributed by atoms with Crippen molar-refractivity contribution in [3.63, 3.8) is 0 Å². The molecule has 1 heterocycles. The zero-order valence-electron chi connectivity index (χ0n) is 12.6. The molecule has 1 aromatic rings. The van der Waals surface area contributed by atoms with Gasteiger partial charge in [0.1, 0.15) is 0 Å². The summed E-state index contributed by atoms with van der Waals surface area (Å²) in [4.78, 5) is 2.49. The molecule has 0 spiro atoms. The zero-order valence-corrected chi connectivity index (χ0v) is 12.6. The van der Waals surface area contributed by atoms with Gasteiger partial charge >= 0.3 is 0 Å². The number of para-hydroxylation sites is 1. The number of aliphatic hydroxyl groups excluding tert-OH is 1. The van der Waals surface area contributed by atoms with E-state index in [4.69, 9.17) is 0 Å². The maximum atomic E-state index is 10.2. The molecule has 106 valence electrons. The van der Waals surface area contributed by atoms with Gasteiger partial charge in [-0.3, -0.25) is 0 Å². The molecule has 0 radical (unpaired) electrons. The molecule has 1 aromatic carbocycles. The summed E-state index contributed by atoms with van der Waals surface area (Å²) >= 11 is 0. The molecule has 2 nitrogen and oxygen atoms in total. The van der Waals surface area contributed by atoms with Crippen LogP contribution in [0.3, 0.4) is 0 Å². The SMILES string of the molecule is CC[C@@H](O)c1ccccc1N1CC(C)CC(C)C1C. The van der Waals surface area contributed by atoms with Crippen LogP contribution in [-0.4, -0.2) is 17.7 Å². The molecule has 0 amide bonds. The molecule has 1 fully saturated rings. The van der Waals surface area contributed by atoms with Crippen molar-refractivity contribution in [1.82, 2.24) is 0 Å². The largest absolute Gasteiger partial charge is 0.388 e. The van der Waals surface area contributed by atoms with Crippen molar-refractivity contribution in [3.8, 4) is 0 Å². The second kappa shape index (κ2) is 5.96. The van der Waals surface area contributed by atoms with Crippen LogP contribution in [0, 0.1) is 11.8 Å². The third kappa shape index (κ3) is 2.94. The third-order valence-electron chi connectivity index (χ3n) is 4.59. The van der Waals surface area contributed by atoms with Gasteiger partial charge < -0.3 is 10.0 Å². The molecule has 19 heavy (non-hydrogen) atoms. The van der Waals surface area contributed by atoms with Gasteiger partial charge in [-0.1, -0.05) is 39.0 Å². The van der Waals surface area contributed by atoms with Gasteiger partial charge in [0.25, 0.3) is 0 Å². The highest BCUT2D eigenvalue weighted by molar-refractivity contribution is 5.56. The average Bonchev–Trinajstić information content (AvgIpc) is 2.42. The number of hydrogen-bond donors (Lipinski definition) is 1. The Morgan fingerprint density at radius 2 is 1.95 bits per heavy atom. The van der Waals surface area contributed by atoms with Crippen LogP contribution in [0.2, 0.25) is 0 Å². The van der Waals surface area contributed by atoms with E-state index >= 15 is 0 Å². The second-order valence-corrected chi connectivity index (χ2v) is 6.19. The van der Waals surface area contributed by atoms with Crippen LogP contribution < -0.4 is 4.90 Å². The van der Waals surface area contributed by atoms with Gasteiger partial charge in [-0.2, -0.15) is 0 Å². The molecule has 1 saturated heterocycles. The van der Waals surface area contributed by atoms with E-state index in [2.05, 4.69) is 43.9 Å². The van der Waals surface area contributed by atoms with E-state index in [-0.39, 0.29) is 6.10 Å². The molecular formula is C17H27NO. The molecule has 1 N–H and O–H groups in total. The van der Waals surface area contributed by atoms with Crippen molar-refractivity contribution < 1.29 is 5.11 Å². The minimum Gasteiger partial charge on any atom is -0.388 e. The minimum absolute atomic E-state index is 0.351. The molecule has 0 aromatic heterocycles. The molecule has 0 saturated carbocycles. The topological polar surface area (TPSA) is 23.5 Å². The highest BCUT2D eigenvalue weighted by Gasteiger charge is 2.30. The molecule has 0 bridgehead atoms. The van der Waals surface area contributed by atoms with E-state index in [0.29, 0.717) is 12.0 Å². The number of rotatable bonds is 3. The first kappa shape index (κ1) is 14.4. The maximum Gasteiger partial charge on any atom is 0.0807 e. The fraction of sp³-hybridized carbons (Fsp3) is 0.647. The second-order valence-electron chi connectivity index (χ2n) is 6.19. The summed E-state index contributed by atoms with van der Waals surface area (Å²) in [7, 11) is 0. The summed E-state index contributed by atoms with van der Waals surface area (Å²) in [5.41, 5.74) is 2.31. The Labute approximate surface area is 117 Å². The fourth-order valence-electron chi connectivity index (χ4n) is 3.28. The number of aliphatic hydroxyl groups is 1. The number of nitrogens with zero attached hydrogens (tertiary/aromatic N) is 1. The summed E-state index contributed by atoms with van der Waals surface area (Å²) in [6.45, 7) is 10.1. The Hall–Kier alpha value is -1.02. The van der Waals surface area contributed by atoms with Gasteiger partial charge in [-0.05, 0) is 37.7 Å². The average molecular weight is 261 g/mol. The Morgan fingerprint density at radius 3 is 2.63 bits per heavy atom. The highest BCUT2D eigenvalue weighted by Crippen LogP contribution is 2.35. The minimum atomic E-state index is -0.351. The lowest BCUT2D eigenvalue weighted by molar-refractivity contribution is 0.173. The quantitative estimate of drug-likeness (QED) is 0.889. The Bertz CT molecular complexity index is 417. The van der Waals surface area contributed by atoms with Crippen LogP contribution >= 0.6 is 0 Å². The number of benzene rings is 1. The van der Waals surface area contributed by atoms with Crippen LogP contribution in [0.15, 0.2) is 24.3 Å². The standard InChI is InChI=1S/C17H27NO/c1-5-17(19)15-8-6-7-9-16(15)18-11-12(2)10-13(3)14(18)4/h6-9,12-14,17,19H,5,10-11H2,1-4H3/t12?,13?,14?,17-/m1/s1. The highest BCUT2D eigenvalue weighted by atomic mass is 16.3. The molecular weight excluding hydrogens is 234 g/mol. The fourth-order valence-corrected chi connectivity index (χ4v) is 3.28. The van der Waals surface area contributed by atoms with Crippen molar-refractivity contribution in [2.24, 2.45) is 11.8 Å². The van der Waals surface area contributed by atoms with E-state index < -0.39 is 0 Å². The van der Waals surface area contributed by atoms with E-state index in [1.54, 1.807) is 0 Å². The molecule has 2 heteroatoms. The van der Waals surface area contributed by atoms with Crippen LogP contribution in [-0.2, 0) is 0 Å². The van der Waals surface area contributed by atoms with Crippen LogP contribution in [0.4, 0.5) is 5.69 Å². The molecule has 1 aliphatic heterocycles. The van der Waals surface area contributed by atoms with Gasteiger partial charge in [0.2, 0.25) is 0 Å². The normalized spacial score (nSPS) is 29.3. The van der Waals surface area contributed by atoms with Gasteiger partial charge in [-0.15, -0.1) is 0 Å². The van der Waals surface area contributed by atoms with E-state index in [1.165, 1.54) is 12.1 Å². The number of piperidine rings is 1. The van der Waals surface area contributed by atoms with Crippen molar-refractivity contribution >= 4 is 5.69 Å². The molecule has 1 aliphatic rings. The maximum absolute atomic E-state index is 10.2. The summed E-state index contributed by atoms with van der Waals surface area (Å²) in [6, 6.07) is 8.88. The van der Waals surface area contributed by atoms with Gasteiger partial charge in [0.05, 0.1) is 6.10 Å². The van der Waals surface area contributed by atoms with Crippen molar-refractivity contribution in [2.75, 3.05) is 11.4 Å². The van der Waals surface area contributed by atoms with Gasteiger partial charge in [-0.25, -0.2) is 0 Å². The molecule has 0 aliphatic carbocycles. The Kier molecular flexibility index (Phi) is 4.51. The predicted molar refractivity (Wildman–Crippen MR) is 81.4 cm³/mol. The van der Waals surface area contributed by atoms with Crippen LogP contribution in [0.25, 0.3) is 0 Å². The lowest BCUT2D eigenvalue weighted by atomic mass is 9.85. The lowest BCUT2D eigenvalue weighted by Crippen LogP contribution is -2.46.